The van der Waals surface area contributed by atoms with E-state index in [0.717, 1.165) is 5.82 Å². The van der Waals surface area contributed by atoms with Crippen LogP contribution in [0.5, 0.6) is 0 Å². The predicted molar refractivity (Wildman–Crippen MR) is 61.6 cm³/mol. The number of carbonyl (C=O) groups is 1. The van der Waals surface area contributed by atoms with Gasteiger partial charge < -0.3 is 20.8 Å². The fourth-order valence-electron chi connectivity index (χ4n) is 1.10. The molecule has 0 spiro atoms. The molecule has 0 aliphatic rings. The summed E-state index contributed by atoms with van der Waals surface area (Å²) in [7, 11) is -4.14. The molecule has 0 radical (unpaired) electrons. The minimum Gasteiger partial charge on any atom is -0.351 e. The average Bonchev–Trinajstić information content (AvgIpc) is 2.09. The Hall–Kier alpha value is -0.680. The summed E-state index contributed by atoms with van der Waals surface area (Å²) in [6, 6.07) is -0.580. The van der Waals surface area contributed by atoms with E-state index >= 15 is 0 Å². The quantitative estimate of drug-likeness (QED) is 0.502. The van der Waals surface area contributed by atoms with Crippen LogP contribution >= 0.6 is 7.60 Å². The van der Waals surface area contributed by atoms with Crippen molar-refractivity contribution in [2.45, 2.75) is 26.3 Å². The van der Waals surface area contributed by atoms with Crippen LogP contribution in [0.2, 0.25) is 0 Å². The third-order valence-electron chi connectivity index (χ3n) is 1.76. The van der Waals surface area contributed by atoms with Crippen LogP contribution in [0.15, 0.2) is 11.9 Å². The molecule has 1 amide bonds. The molecular weight excluding hydrogens is 231 g/mol. The number of amides is 1. The molecule has 16 heavy (non-hydrogen) atoms. The standard InChI is InChI=1S/C9H19N2O4P/c1-7(2)6-8(10)9(12)11-4-3-5-16(13,14)15/h3,5,7-8H,4,6,10H2,1-2H3,(H,11,12)(H2,13,14,15)/t8-/m0/s1. The third-order valence-corrected chi connectivity index (χ3v) is 2.36. The Bertz CT molecular complexity index is 298. The van der Waals surface area contributed by atoms with E-state index in [-0.39, 0.29) is 12.5 Å². The zero-order chi connectivity index (χ0) is 12.8. The highest BCUT2D eigenvalue weighted by molar-refractivity contribution is 7.55. The molecule has 5 N–H and O–H groups in total. The number of nitrogens with one attached hydrogen (secondary N) is 1. The molecule has 0 aromatic carbocycles. The molecule has 1 atom stereocenters. The molecule has 0 aromatic heterocycles. The molecule has 0 saturated carbocycles. The van der Waals surface area contributed by atoms with Gasteiger partial charge in [0, 0.05) is 12.4 Å². The van der Waals surface area contributed by atoms with Crippen molar-refractivity contribution in [2.75, 3.05) is 6.54 Å². The molecule has 7 heteroatoms. The highest BCUT2D eigenvalue weighted by atomic mass is 31.2. The first-order chi connectivity index (χ1) is 7.22. The van der Waals surface area contributed by atoms with Gasteiger partial charge in [-0.2, -0.15) is 0 Å². The van der Waals surface area contributed by atoms with Crippen LogP contribution in [-0.2, 0) is 9.36 Å². The summed E-state index contributed by atoms with van der Waals surface area (Å²) in [6.07, 6.45) is 1.79. The van der Waals surface area contributed by atoms with Gasteiger partial charge in [-0.25, -0.2) is 0 Å². The number of nitrogens with two attached hydrogens (primary N) is 1. The van der Waals surface area contributed by atoms with Crippen LogP contribution in [0, 0.1) is 5.92 Å². The molecule has 0 aliphatic heterocycles. The van der Waals surface area contributed by atoms with E-state index in [2.05, 4.69) is 5.32 Å². The van der Waals surface area contributed by atoms with Crippen LogP contribution in [0.25, 0.3) is 0 Å². The van der Waals surface area contributed by atoms with Crippen molar-refractivity contribution in [3.63, 3.8) is 0 Å². The molecule has 94 valence electrons. The second-order valence-electron chi connectivity index (χ2n) is 3.96. The lowest BCUT2D eigenvalue weighted by Gasteiger charge is -2.13. The Morgan fingerprint density at radius 2 is 2.06 bits per heavy atom. The molecular formula is C9H19N2O4P. The van der Waals surface area contributed by atoms with Crippen molar-refractivity contribution in [3.8, 4) is 0 Å². The summed E-state index contributed by atoms with van der Waals surface area (Å²) in [6.45, 7) is 3.98. The molecule has 0 rings (SSSR count). The monoisotopic (exact) mass is 250 g/mol. The lowest BCUT2D eigenvalue weighted by molar-refractivity contribution is -0.122. The largest absolute Gasteiger partial charge is 0.351 e. The van der Waals surface area contributed by atoms with Gasteiger partial charge in [0.25, 0.3) is 0 Å². The van der Waals surface area contributed by atoms with E-state index < -0.39 is 13.6 Å². The maximum absolute atomic E-state index is 11.3. The summed E-state index contributed by atoms with van der Waals surface area (Å²) in [5, 5.41) is 2.47. The van der Waals surface area contributed by atoms with E-state index in [0.29, 0.717) is 12.3 Å². The maximum atomic E-state index is 11.3. The van der Waals surface area contributed by atoms with E-state index in [9.17, 15) is 9.36 Å². The van der Waals surface area contributed by atoms with E-state index in [1.807, 2.05) is 13.8 Å². The summed E-state index contributed by atoms with van der Waals surface area (Å²) >= 11 is 0. The Labute approximate surface area is 95.1 Å². The van der Waals surface area contributed by atoms with E-state index in [1.54, 1.807) is 0 Å². The van der Waals surface area contributed by atoms with Gasteiger partial charge in [-0.15, -0.1) is 0 Å². The van der Waals surface area contributed by atoms with Gasteiger partial charge in [-0.1, -0.05) is 19.9 Å². The number of hydrogen-bond donors (Lipinski definition) is 4. The normalized spacial score (nSPS) is 14.4. The smallest absolute Gasteiger partial charge is 0.348 e. The van der Waals surface area contributed by atoms with Crippen molar-refractivity contribution in [1.29, 1.82) is 0 Å². The van der Waals surface area contributed by atoms with Crippen molar-refractivity contribution >= 4 is 13.5 Å². The molecule has 0 saturated heterocycles. The fraction of sp³-hybridized carbons (Fsp3) is 0.667. The van der Waals surface area contributed by atoms with Crippen LogP contribution < -0.4 is 11.1 Å². The van der Waals surface area contributed by atoms with Crippen molar-refractivity contribution in [1.82, 2.24) is 5.32 Å². The second kappa shape index (κ2) is 6.81. The zero-order valence-corrected chi connectivity index (χ0v) is 10.4. The zero-order valence-electron chi connectivity index (χ0n) is 9.46. The summed E-state index contributed by atoms with van der Waals surface area (Å²) < 4.78 is 10.4. The van der Waals surface area contributed by atoms with Crippen molar-refractivity contribution < 1.29 is 19.1 Å². The SMILES string of the molecule is CC(C)C[C@H](N)C(=O)NCC=CP(=O)(O)O. The molecule has 0 heterocycles. The van der Waals surface area contributed by atoms with Crippen molar-refractivity contribution in [3.05, 3.63) is 11.9 Å². The van der Waals surface area contributed by atoms with Crippen molar-refractivity contribution in [2.24, 2.45) is 11.7 Å². The molecule has 0 unspecified atom stereocenters. The summed E-state index contributed by atoms with van der Waals surface area (Å²) in [5.74, 6) is 0.761. The summed E-state index contributed by atoms with van der Waals surface area (Å²) in [5.41, 5.74) is 5.60. The lowest BCUT2D eigenvalue weighted by Crippen LogP contribution is -2.41. The minimum atomic E-state index is -4.14. The van der Waals surface area contributed by atoms with E-state index in [4.69, 9.17) is 15.5 Å². The van der Waals surface area contributed by atoms with Gasteiger partial charge in [0.2, 0.25) is 5.91 Å². The maximum Gasteiger partial charge on any atom is 0.348 e. The van der Waals surface area contributed by atoms with Gasteiger partial charge in [-0.05, 0) is 12.3 Å². The van der Waals surface area contributed by atoms with Crippen LogP contribution in [-0.4, -0.2) is 28.3 Å². The topological polar surface area (TPSA) is 113 Å². The Morgan fingerprint density at radius 3 is 2.50 bits per heavy atom. The number of rotatable bonds is 6. The van der Waals surface area contributed by atoms with Gasteiger partial charge >= 0.3 is 7.60 Å². The molecule has 6 nitrogen and oxygen atoms in total. The van der Waals surface area contributed by atoms with Gasteiger partial charge in [0.05, 0.1) is 6.04 Å². The highest BCUT2D eigenvalue weighted by Crippen LogP contribution is 2.35. The molecule has 0 fully saturated rings. The average molecular weight is 250 g/mol. The predicted octanol–water partition coefficient (Wildman–Crippen LogP) is 0.167. The third kappa shape index (κ3) is 8.61. The Balaban J connectivity index is 3.90. The Kier molecular flexibility index (Phi) is 6.52. The van der Waals surface area contributed by atoms with Crippen LogP contribution in [0.4, 0.5) is 0 Å². The number of carbonyl (C=O) groups excluding carboxylic acids is 1. The molecule has 0 aliphatic carbocycles. The first kappa shape index (κ1) is 15.3. The number of hydrogen-bond acceptors (Lipinski definition) is 3. The highest BCUT2D eigenvalue weighted by Gasteiger charge is 2.13. The molecule has 0 bridgehead atoms. The second-order valence-corrected chi connectivity index (χ2v) is 5.43. The van der Waals surface area contributed by atoms with Gasteiger partial charge in [0.1, 0.15) is 0 Å². The van der Waals surface area contributed by atoms with E-state index in [1.165, 1.54) is 6.08 Å². The molecule has 0 aromatic rings. The van der Waals surface area contributed by atoms with Gasteiger partial charge in [-0.3, -0.25) is 9.36 Å². The fourth-order valence-corrected chi connectivity index (χ4v) is 1.48. The van der Waals surface area contributed by atoms with Gasteiger partial charge in [0.15, 0.2) is 0 Å². The minimum absolute atomic E-state index is 0.0652. The van der Waals surface area contributed by atoms with Crippen LogP contribution in [0.3, 0.4) is 0 Å². The first-order valence-corrected chi connectivity index (χ1v) is 6.66. The van der Waals surface area contributed by atoms with Crippen LogP contribution in [0.1, 0.15) is 20.3 Å². The Morgan fingerprint density at radius 1 is 1.50 bits per heavy atom. The first-order valence-electron chi connectivity index (χ1n) is 4.98. The summed E-state index contributed by atoms with van der Waals surface area (Å²) in [4.78, 5) is 28.3. The lowest BCUT2D eigenvalue weighted by atomic mass is 10.0.